The molecular formula is C20H19F3N6O2. The van der Waals surface area contributed by atoms with Crippen LogP contribution in [0.2, 0.25) is 0 Å². The van der Waals surface area contributed by atoms with Crippen LogP contribution < -0.4 is 10.6 Å². The average Bonchev–Trinajstić information content (AvgIpc) is 3.29. The molecule has 0 spiro atoms. The summed E-state index contributed by atoms with van der Waals surface area (Å²) < 4.78 is 41.6. The largest absolute Gasteiger partial charge is 0.435 e. The van der Waals surface area contributed by atoms with Gasteiger partial charge >= 0.3 is 6.18 Å². The van der Waals surface area contributed by atoms with Crippen LogP contribution in [-0.4, -0.2) is 31.4 Å². The summed E-state index contributed by atoms with van der Waals surface area (Å²) >= 11 is 0. The second kappa shape index (κ2) is 7.89. The van der Waals surface area contributed by atoms with Gasteiger partial charge in [-0.3, -0.25) is 19.0 Å². The lowest BCUT2D eigenvalue weighted by Crippen LogP contribution is -2.21. The fraction of sp³-hybridized carbons (Fsp3) is 0.300. The van der Waals surface area contributed by atoms with Crippen molar-refractivity contribution in [2.24, 2.45) is 7.05 Å². The summed E-state index contributed by atoms with van der Waals surface area (Å²) in [7, 11) is 1.69. The molecular weight excluding hydrogens is 413 g/mol. The van der Waals surface area contributed by atoms with Crippen molar-refractivity contribution in [1.29, 1.82) is 0 Å². The Bertz CT molecular complexity index is 1130. The van der Waals surface area contributed by atoms with Crippen molar-refractivity contribution in [2.75, 3.05) is 10.6 Å². The molecule has 1 saturated carbocycles. The Balaban J connectivity index is 1.43. The Hall–Kier alpha value is -3.63. The fourth-order valence-corrected chi connectivity index (χ4v) is 3.15. The van der Waals surface area contributed by atoms with E-state index in [1.807, 2.05) is 0 Å². The highest BCUT2D eigenvalue weighted by Gasteiger charge is 2.38. The van der Waals surface area contributed by atoms with E-state index >= 15 is 0 Å². The third-order valence-electron chi connectivity index (χ3n) is 4.74. The molecule has 3 aromatic rings. The van der Waals surface area contributed by atoms with E-state index < -0.39 is 23.7 Å². The number of aryl methyl sites for hydroxylation is 1. The Labute approximate surface area is 175 Å². The molecule has 11 heteroatoms. The number of nitrogens with zero attached hydrogens (tertiary/aromatic N) is 4. The zero-order valence-corrected chi connectivity index (χ0v) is 16.5. The smallest absolute Gasteiger partial charge is 0.324 e. The lowest BCUT2D eigenvalue weighted by Gasteiger charge is -2.10. The molecule has 1 aliphatic carbocycles. The summed E-state index contributed by atoms with van der Waals surface area (Å²) in [4.78, 5) is 24.7. The fourth-order valence-electron chi connectivity index (χ4n) is 3.15. The maximum absolute atomic E-state index is 13.0. The molecule has 1 aliphatic rings. The second-order valence-corrected chi connectivity index (χ2v) is 7.34. The SMILES string of the molecule is Cn1ccc(C(=O)Nc2cccc(NC(=O)Cn3nc(C(F)(F)F)cc3C3CC3)c2)n1. The second-order valence-electron chi connectivity index (χ2n) is 7.34. The first-order chi connectivity index (χ1) is 14.7. The van der Waals surface area contributed by atoms with Crippen LogP contribution in [0.1, 0.15) is 40.6 Å². The summed E-state index contributed by atoms with van der Waals surface area (Å²) in [5, 5.41) is 12.9. The highest BCUT2D eigenvalue weighted by Crippen LogP contribution is 2.42. The molecule has 162 valence electrons. The lowest BCUT2D eigenvalue weighted by atomic mass is 10.2. The molecule has 2 N–H and O–H groups in total. The van der Waals surface area contributed by atoms with E-state index in [0.717, 1.165) is 23.6 Å². The van der Waals surface area contributed by atoms with Gasteiger partial charge in [-0.25, -0.2) is 0 Å². The van der Waals surface area contributed by atoms with Gasteiger partial charge in [0.15, 0.2) is 11.4 Å². The first-order valence-electron chi connectivity index (χ1n) is 9.55. The molecule has 2 aromatic heterocycles. The number of carbonyl (C=O) groups excluding carboxylic acids is 2. The highest BCUT2D eigenvalue weighted by molar-refractivity contribution is 6.03. The van der Waals surface area contributed by atoms with E-state index in [2.05, 4.69) is 20.8 Å². The van der Waals surface area contributed by atoms with Crippen molar-refractivity contribution >= 4 is 23.2 Å². The maximum Gasteiger partial charge on any atom is 0.435 e. The monoisotopic (exact) mass is 432 g/mol. The van der Waals surface area contributed by atoms with Crippen molar-refractivity contribution in [1.82, 2.24) is 19.6 Å². The summed E-state index contributed by atoms with van der Waals surface area (Å²) in [6.07, 6.45) is -1.36. The Morgan fingerprint density at radius 1 is 1.10 bits per heavy atom. The van der Waals surface area contributed by atoms with E-state index in [1.165, 1.54) is 4.68 Å². The number of hydrogen-bond acceptors (Lipinski definition) is 4. The van der Waals surface area contributed by atoms with Crippen molar-refractivity contribution in [3.63, 3.8) is 0 Å². The van der Waals surface area contributed by atoms with Gasteiger partial charge in [-0.2, -0.15) is 23.4 Å². The van der Waals surface area contributed by atoms with Crippen LogP contribution in [0.4, 0.5) is 24.5 Å². The van der Waals surface area contributed by atoms with E-state index in [4.69, 9.17) is 0 Å². The molecule has 2 heterocycles. The summed E-state index contributed by atoms with van der Waals surface area (Å²) in [6, 6.07) is 9.02. The van der Waals surface area contributed by atoms with Gasteiger partial charge in [0.25, 0.3) is 5.91 Å². The number of aromatic nitrogens is 4. The third-order valence-corrected chi connectivity index (χ3v) is 4.74. The van der Waals surface area contributed by atoms with Crippen LogP contribution in [-0.2, 0) is 24.6 Å². The third kappa shape index (κ3) is 4.93. The molecule has 0 saturated heterocycles. The van der Waals surface area contributed by atoms with Crippen LogP contribution >= 0.6 is 0 Å². The maximum atomic E-state index is 13.0. The molecule has 0 aliphatic heterocycles. The topological polar surface area (TPSA) is 93.8 Å². The van der Waals surface area contributed by atoms with Crippen molar-refractivity contribution in [3.05, 3.63) is 59.7 Å². The van der Waals surface area contributed by atoms with Gasteiger partial charge in [0.2, 0.25) is 5.91 Å². The number of amides is 2. The van der Waals surface area contributed by atoms with Crippen LogP contribution in [0.15, 0.2) is 42.6 Å². The van der Waals surface area contributed by atoms with Gasteiger partial charge in [-0.15, -0.1) is 0 Å². The van der Waals surface area contributed by atoms with Crippen LogP contribution in [0.3, 0.4) is 0 Å². The standard InChI is InChI=1S/C20H19F3N6O2/c1-28-8-7-15(26-28)19(31)25-14-4-2-3-13(9-14)24-18(30)11-29-16(12-5-6-12)10-17(27-29)20(21,22)23/h2-4,7-10,12H,5-6,11H2,1H3,(H,24,30)(H,25,31). The number of halogens is 3. The number of nitrogens with one attached hydrogen (secondary N) is 2. The molecule has 1 aromatic carbocycles. The molecule has 4 rings (SSSR count). The van der Waals surface area contributed by atoms with E-state index in [-0.39, 0.29) is 18.2 Å². The van der Waals surface area contributed by atoms with Crippen molar-refractivity contribution in [3.8, 4) is 0 Å². The minimum absolute atomic E-state index is 0.00142. The molecule has 0 bridgehead atoms. The highest BCUT2D eigenvalue weighted by atomic mass is 19.4. The summed E-state index contributed by atoms with van der Waals surface area (Å²) in [5.74, 6) is -0.928. The molecule has 31 heavy (non-hydrogen) atoms. The number of alkyl halides is 3. The molecule has 1 fully saturated rings. The van der Waals surface area contributed by atoms with Gasteiger partial charge in [-0.1, -0.05) is 6.07 Å². The lowest BCUT2D eigenvalue weighted by molar-refractivity contribution is -0.141. The predicted molar refractivity (Wildman–Crippen MR) is 105 cm³/mol. The van der Waals surface area contributed by atoms with E-state index in [9.17, 15) is 22.8 Å². The Kier molecular flexibility index (Phi) is 5.25. The minimum atomic E-state index is -4.56. The average molecular weight is 432 g/mol. The Morgan fingerprint density at radius 3 is 2.42 bits per heavy atom. The molecule has 0 atom stereocenters. The molecule has 0 radical (unpaired) electrons. The van der Waals surface area contributed by atoms with E-state index in [1.54, 1.807) is 43.6 Å². The summed E-state index contributed by atoms with van der Waals surface area (Å²) in [6.45, 7) is -0.341. The first kappa shape index (κ1) is 20.6. The number of hydrogen-bond donors (Lipinski definition) is 2. The minimum Gasteiger partial charge on any atom is -0.324 e. The van der Waals surface area contributed by atoms with Crippen LogP contribution in [0.5, 0.6) is 0 Å². The molecule has 0 unspecified atom stereocenters. The summed E-state index contributed by atoms with van der Waals surface area (Å²) in [5.41, 5.74) is 0.481. The predicted octanol–water partition coefficient (Wildman–Crippen LogP) is 3.40. The normalized spacial score (nSPS) is 13.8. The number of benzene rings is 1. The van der Waals surface area contributed by atoms with Gasteiger partial charge in [-0.05, 0) is 43.2 Å². The van der Waals surface area contributed by atoms with E-state index in [0.29, 0.717) is 17.1 Å². The number of rotatable bonds is 6. The van der Waals surface area contributed by atoms with Gasteiger partial charge in [0.05, 0.1) is 0 Å². The van der Waals surface area contributed by atoms with Crippen molar-refractivity contribution in [2.45, 2.75) is 31.5 Å². The first-order valence-corrected chi connectivity index (χ1v) is 9.55. The quantitative estimate of drug-likeness (QED) is 0.624. The molecule has 2 amide bonds. The zero-order valence-electron chi connectivity index (χ0n) is 16.5. The van der Waals surface area contributed by atoms with Gasteiger partial charge in [0, 0.05) is 36.2 Å². The van der Waals surface area contributed by atoms with Crippen LogP contribution in [0.25, 0.3) is 0 Å². The number of carbonyl (C=O) groups is 2. The number of anilines is 2. The molecule has 8 nitrogen and oxygen atoms in total. The van der Waals surface area contributed by atoms with Crippen LogP contribution in [0, 0.1) is 0 Å². The van der Waals surface area contributed by atoms with Gasteiger partial charge in [0.1, 0.15) is 6.54 Å². The van der Waals surface area contributed by atoms with Crippen molar-refractivity contribution < 1.29 is 22.8 Å². The Morgan fingerprint density at radius 2 is 1.81 bits per heavy atom. The van der Waals surface area contributed by atoms with Gasteiger partial charge < -0.3 is 10.6 Å². The zero-order chi connectivity index (χ0) is 22.2.